The van der Waals surface area contributed by atoms with Crippen LogP contribution in [0.2, 0.25) is 5.54 Å². The maximum absolute atomic E-state index is 12.8. The van der Waals surface area contributed by atoms with E-state index in [2.05, 4.69) is 4.74 Å². The molecule has 0 aromatic heterocycles. The van der Waals surface area contributed by atoms with Crippen molar-refractivity contribution >= 4 is 14.8 Å². The van der Waals surface area contributed by atoms with Gasteiger partial charge >= 0.3 is 27.1 Å². The molecule has 0 spiro atoms. The third-order valence-corrected chi connectivity index (χ3v) is 9.70. The van der Waals surface area contributed by atoms with E-state index in [1.165, 1.54) is 0 Å². The molecule has 0 saturated heterocycles. The Kier molecular flexibility index (Phi) is 8.11. The molecule has 0 heterocycles. The lowest BCUT2D eigenvalue weighted by Crippen LogP contribution is -2.60. The number of halogens is 6. The molecule has 2 saturated carbocycles. The van der Waals surface area contributed by atoms with E-state index in [1.54, 1.807) is 20.8 Å². The Morgan fingerprint density at radius 3 is 1.71 bits per heavy atom. The minimum atomic E-state index is -6.04. The first-order chi connectivity index (χ1) is 14.3. The molecule has 2 rings (SSSR count). The Hall–Kier alpha value is -0.893. The van der Waals surface area contributed by atoms with Crippen LogP contribution < -0.4 is 0 Å². The highest BCUT2D eigenvalue weighted by molar-refractivity contribution is 6.62. The number of carbonyl (C=O) groups is 1. The summed E-state index contributed by atoms with van der Waals surface area (Å²) >= 11 is 0. The molecule has 4 atom stereocenters. The van der Waals surface area contributed by atoms with Crippen molar-refractivity contribution in [2.24, 2.45) is 17.8 Å². The lowest BCUT2D eigenvalue weighted by atomic mass is 9.88. The van der Waals surface area contributed by atoms with Crippen LogP contribution in [0.4, 0.5) is 26.3 Å². The van der Waals surface area contributed by atoms with Crippen molar-refractivity contribution in [3.63, 3.8) is 0 Å². The van der Waals surface area contributed by atoms with Crippen LogP contribution in [0.1, 0.15) is 40.0 Å². The highest BCUT2D eigenvalue weighted by Gasteiger charge is 2.71. The Bertz CT molecular complexity index is 597. The van der Waals surface area contributed by atoms with Crippen LogP contribution in [-0.2, 0) is 22.8 Å². The van der Waals surface area contributed by atoms with E-state index in [0.717, 1.165) is 0 Å². The van der Waals surface area contributed by atoms with Gasteiger partial charge in [0.25, 0.3) is 5.60 Å². The van der Waals surface area contributed by atoms with Gasteiger partial charge in [0.2, 0.25) is 0 Å². The Morgan fingerprint density at radius 1 is 0.871 bits per heavy atom. The molecule has 13 heteroatoms. The summed E-state index contributed by atoms with van der Waals surface area (Å²) in [6.07, 6.45) is -10.9. The molecular formula is C18H28F6O6Si. The van der Waals surface area contributed by atoms with Crippen LogP contribution in [0.5, 0.6) is 0 Å². The zero-order valence-electron chi connectivity index (χ0n) is 17.5. The average molecular weight is 482 g/mol. The first-order valence-corrected chi connectivity index (χ1v) is 12.0. The molecule has 2 bridgehead atoms. The molecule has 182 valence electrons. The Balaban J connectivity index is 2.07. The zero-order valence-corrected chi connectivity index (χ0v) is 18.5. The van der Waals surface area contributed by atoms with Gasteiger partial charge in [-0.1, -0.05) is 0 Å². The van der Waals surface area contributed by atoms with E-state index in [1.807, 2.05) is 0 Å². The molecular weight excluding hydrogens is 454 g/mol. The quantitative estimate of drug-likeness (QED) is 0.290. The summed E-state index contributed by atoms with van der Waals surface area (Å²) in [5, 5.41) is 9.16. The number of fused-ring (bicyclic) bond motifs is 2. The largest absolute Gasteiger partial charge is 0.504 e. The number of hydrogen-bond acceptors (Lipinski definition) is 6. The third-order valence-electron chi connectivity index (χ3n) is 6.01. The average Bonchev–Trinajstić information content (AvgIpc) is 3.25. The first-order valence-electron chi connectivity index (χ1n) is 10.2. The standard InChI is InChI=1S/C18H28F6O6Si/c1-4-28-31(29-5-2,30-6-3)14-9-11-7-12(14)8-13(11)15(25)27-10-16(26,17(19,20)21)18(22,23)24/h11-14,26H,4-10H2,1-3H3. The molecule has 1 N–H and O–H groups in total. The minimum Gasteiger partial charge on any atom is -0.462 e. The van der Waals surface area contributed by atoms with Gasteiger partial charge in [0.05, 0.1) is 5.92 Å². The molecule has 0 aromatic carbocycles. The molecule has 2 aliphatic carbocycles. The highest BCUT2D eigenvalue weighted by Crippen LogP contribution is 2.59. The van der Waals surface area contributed by atoms with Crippen molar-refractivity contribution in [1.29, 1.82) is 0 Å². The summed E-state index contributed by atoms with van der Waals surface area (Å²) in [5.41, 5.74) is -5.22. The van der Waals surface area contributed by atoms with E-state index in [4.69, 9.17) is 18.4 Å². The van der Waals surface area contributed by atoms with E-state index < -0.39 is 45.3 Å². The summed E-state index contributed by atoms with van der Waals surface area (Å²) in [5.74, 6) is -2.39. The zero-order chi connectivity index (χ0) is 23.7. The first kappa shape index (κ1) is 26.4. The van der Waals surface area contributed by atoms with Gasteiger partial charge in [0.1, 0.15) is 6.61 Å². The Morgan fingerprint density at radius 2 is 1.35 bits per heavy atom. The predicted octanol–water partition coefficient (Wildman–Crippen LogP) is 3.85. The van der Waals surface area contributed by atoms with Gasteiger partial charge in [-0.25, -0.2) is 0 Å². The van der Waals surface area contributed by atoms with Crippen LogP contribution >= 0.6 is 0 Å². The molecule has 31 heavy (non-hydrogen) atoms. The number of esters is 1. The van der Waals surface area contributed by atoms with Gasteiger partial charge in [0.15, 0.2) is 0 Å². The third kappa shape index (κ3) is 5.05. The number of rotatable bonds is 10. The minimum absolute atomic E-state index is 0.0806. The van der Waals surface area contributed by atoms with E-state index in [0.29, 0.717) is 32.7 Å². The van der Waals surface area contributed by atoms with Crippen molar-refractivity contribution in [3.8, 4) is 0 Å². The fourth-order valence-corrected chi connectivity index (χ4v) is 8.19. The van der Waals surface area contributed by atoms with Crippen molar-refractivity contribution in [1.82, 2.24) is 0 Å². The fraction of sp³-hybridized carbons (Fsp3) is 0.944. The second-order valence-corrected chi connectivity index (χ2v) is 10.6. The second-order valence-electron chi connectivity index (χ2n) is 7.81. The van der Waals surface area contributed by atoms with Crippen LogP contribution in [-0.4, -0.2) is 64.3 Å². The summed E-state index contributed by atoms with van der Waals surface area (Å²) in [7, 11) is -3.07. The van der Waals surface area contributed by atoms with Gasteiger partial charge in [-0.3, -0.25) is 4.79 Å². The molecule has 4 unspecified atom stereocenters. The summed E-state index contributed by atoms with van der Waals surface area (Å²) in [6, 6.07) is 0. The molecule has 2 aliphatic rings. The molecule has 0 aromatic rings. The lowest BCUT2D eigenvalue weighted by Gasteiger charge is -2.38. The highest BCUT2D eigenvalue weighted by atomic mass is 28.4. The molecule has 0 radical (unpaired) electrons. The predicted molar refractivity (Wildman–Crippen MR) is 96.7 cm³/mol. The van der Waals surface area contributed by atoms with Crippen molar-refractivity contribution in [2.45, 2.75) is 63.5 Å². The molecule has 0 amide bonds. The van der Waals surface area contributed by atoms with Crippen LogP contribution in [0.3, 0.4) is 0 Å². The van der Waals surface area contributed by atoms with E-state index >= 15 is 0 Å². The van der Waals surface area contributed by atoms with E-state index in [-0.39, 0.29) is 23.8 Å². The van der Waals surface area contributed by atoms with Gasteiger partial charge in [-0.15, -0.1) is 0 Å². The van der Waals surface area contributed by atoms with Crippen molar-refractivity contribution in [2.75, 3.05) is 26.4 Å². The van der Waals surface area contributed by atoms with Crippen LogP contribution in [0, 0.1) is 17.8 Å². The van der Waals surface area contributed by atoms with Gasteiger partial charge < -0.3 is 23.1 Å². The van der Waals surface area contributed by atoms with E-state index in [9.17, 15) is 31.1 Å². The lowest BCUT2D eigenvalue weighted by molar-refractivity contribution is -0.375. The van der Waals surface area contributed by atoms with Crippen LogP contribution in [0.15, 0.2) is 0 Å². The summed E-state index contributed by atoms with van der Waals surface area (Å²) in [4.78, 5) is 12.3. The smallest absolute Gasteiger partial charge is 0.462 e. The fourth-order valence-electron chi connectivity index (χ4n) is 4.65. The number of ether oxygens (including phenoxy) is 1. The van der Waals surface area contributed by atoms with Crippen molar-refractivity contribution in [3.05, 3.63) is 0 Å². The maximum atomic E-state index is 12.8. The van der Waals surface area contributed by atoms with Gasteiger partial charge in [0, 0.05) is 25.4 Å². The maximum Gasteiger partial charge on any atom is 0.504 e. The number of hydrogen-bond donors (Lipinski definition) is 1. The van der Waals surface area contributed by atoms with Crippen LogP contribution in [0.25, 0.3) is 0 Å². The summed E-state index contributed by atoms with van der Waals surface area (Å²) in [6.45, 7) is 4.25. The normalized spacial score (nSPS) is 27.0. The van der Waals surface area contributed by atoms with Crippen molar-refractivity contribution < 1.29 is 54.3 Å². The van der Waals surface area contributed by atoms with Gasteiger partial charge in [-0.2, -0.15) is 26.3 Å². The monoisotopic (exact) mass is 482 g/mol. The number of alkyl halides is 6. The molecule has 0 aliphatic heterocycles. The second kappa shape index (κ2) is 9.54. The Labute approximate surface area is 177 Å². The molecule has 6 nitrogen and oxygen atoms in total. The number of aliphatic hydroxyl groups is 1. The van der Waals surface area contributed by atoms with Gasteiger partial charge in [-0.05, 0) is 51.9 Å². The topological polar surface area (TPSA) is 74.2 Å². The number of carbonyl (C=O) groups excluding carboxylic acids is 1. The SMILES string of the molecule is CCO[Si](OCC)(OCC)C1CC2CC1CC2C(=O)OCC(O)(C(F)(F)F)C(F)(F)F. The summed E-state index contributed by atoms with van der Waals surface area (Å²) < 4.78 is 98.7. The molecule has 2 fully saturated rings.